The highest BCUT2D eigenvalue weighted by Gasteiger charge is 2.35. The van der Waals surface area contributed by atoms with Gasteiger partial charge in [-0.3, -0.25) is 5.32 Å². The summed E-state index contributed by atoms with van der Waals surface area (Å²) in [7, 11) is 0. The summed E-state index contributed by atoms with van der Waals surface area (Å²) < 4.78 is 80.8. The van der Waals surface area contributed by atoms with E-state index in [4.69, 9.17) is 0 Å². The second kappa shape index (κ2) is 8.52. The number of aromatic nitrogens is 3. The van der Waals surface area contributed by atoms with Crippen LogP contribution in [-0.4, -0.2) is 25.2 Å². The number of amides is 2. The molecule has 2 amide bonds. The minimum atomic E-state index is -4.79. The Morgan fingerprint density at radius 3 is 2.46 bits per heavy atom. The lowest BCUT2D eigenvalue weighted by molar-refractivity contribution is -0.140. The van der Waals surface area contributed by atoms with Crippen LogP contribution in [-0.2, 0) is 21.5 Å². The first kappa shape index (κ1) is 21.6. The monoisotopic (exact) mass is 425 g/mol. The maximum absolute atomic E-state index is 13.0. The molecule has 0 aliphatic carbocycles. The molecule has 1 aromatic carbocycles. The Hall–Kier alpha value is -2.74. The van der Waals surface area contributed by atoms with Crippen molar-refractivity contribution >= 4 is 23.1 Å². The molecule has 2 N–H and O–H groups in total. The molecule has 0 spiro atoms. The van der Waals surface area contributed by atoms with Gasteiger partial charge in [0.25, 0.3) is 6.43 Å². The Morgan fingerprint density at radius 1 is 1.18 bits per heavy atom. The molecule has 0 saturated carbocycles. The van der Waals surface area contributed by atoms with Gasteiger partial charge in [0.15, 0.2) is 0 Å². The van der Waals surface area contributed by atoms with Crippen molar-refractivity contribution in [3.63, 3.8) is 0 Å². The normalized spacial score (nSPS) is 12.7. The van der Waals surface area contributed by atoms with Crippen LogP contribution in [0, 0.1) is 13.8 Å². The van der Waals surface area contributed by atoms with Crippen molar-refractivity contribution in [3.05, 3.63) is 41.0 Å². The van der Waals surface area contributed by atoms with Crippen LogP contribution in [0.3, 0.4) is 0 Å². The molecule has 0 radical (unpaired) electrons. The predicted molar refractivity (Wildman–Crippen MR) is 85.3 cm³/mol. The Kier molecular flexibility index (Phi) is 6.56. The fourth-order valence-electron chi connectivity index (χ4n) is 1.91. The molecule has 1 atom stereocenters. The van der Waals surface area contributed by atoms with Crippen molar-refractivity contribution in [2.45, 2.75) is 31.3 Å². The van der Waals surface area contributed by atoms with Gasteiger partial charge in [0, 0.05) is 0 Å². The van der Waals surface area contributed by atoms with E-state index in [0.29, 0.717) is 0 Å². The fraction of sp³-hybridized carbons (Fsp3) is 0.286. The lowest BCUT2D eigenvalue weighted by Gasteiger charge is -2.13. The number of rotatable bonds is 5. The van der Waals surface area contributed by atoms with Crippen molar-refractivity contribution in [2.24, 2.45) is 0 Å². The molecule has 8 nitrogen and oxygen atoms in total. The maximum atomic E-state index is 13.0. The van der Waals surface area contributed by atoms with Crippen LogP contribution in [0.4, 0.5) is 32.7 Å². The molecule has 1 aromatic heterocycles. The van der Waals surface area contributed by atoms with Crippen molar-refractivity contribution in [2.75, 3.05) is 5.32 Å². The number of alkyl halides is 5. The minimum absolute atomic E-state index is 0.112. The molecule has 0 aliphatic rings. The Labute approximate surface area is 157 Å². The van der Waals surface area contributed by atoms with Crippen LogP contribution in [0.5, 0.6) is 0 Å². The zero-order valence-electron chi connectivity index (χ0n) is 14.2. The summed E-state index contributed by atoms with van der Waals surface area (Å²) in [5.41, 5.74) is 0.670. The molecule has 1 heterocycles. The number of benzene rings is 1. The van der Waals surface area contributed by atoms with Gasteiger partial charge >= 0.3 is 12.2 Å². The third-order valence-corrected chi connectivity index (χ3v) is 3.96. The lowest BCUT2D eigenvalue weighted by atomic mass is 10.1. The number of nitrogens with one attached hydrogen (secondary N) is 2. The molecule has 2 rings (SSSR count). The van der Waals surface area contributed by atoms with E-state index in [1.807, 2.05) is 5.32 Å². The molecule has 2 aromatic rings. The van der Waals surface area contributed by atoms with Crippen LogP contribution in [0.25, 0.3) is 0 Å². The Morgan fingerprint density at radius 2 is 1.86 bits per heavy atom. The van der Waals surface area contributed by atoms with Crippen molar-refractivity contribution < 1.29 is 35.2 Å². The molecule has 14 heteroatoms. The van der Waals surface area contributed by atoms with Gasteiger partial charge in [-0.1, -0.05) is 11.6 Å². The predicted octanol–water partition coefficient (Wildman–Crippen LogP) is 3.22. The van der Waals surface area contributed by atoms with Crippen LogP contribution >= 0.6 is 0 Å². The average molecular weight is 425 g/mol. The summed E-state index contributed by atoms with van der Waals surface area (Å²) in [6.45, 7) is 2.69. The highest BCUT2D eigenvalue weighted by Crippen LogP contribution is 2.34. The summed E-state index contributed by atoms with van der Waals surface area (Å²) in [5.74, 6) is -1.55. The number of carbonyl (C=O) groups excluding carboxylic acids is 1. The van der Waals surface area contributed by atoms with Gasteiger partial charge in [0.2, 0.25) is 22.9 Å². The second-order valence-corrected chi connectivity index (χ2v) is 6.31. The first-order valence-corrected chi connectivity index (χ1v) is 8.39. The van der Waals surface area contributed by atoms with E-state index in [2.05, 4.69) is 19.2 Å². The molecule has 152 valence electrons. The number of urea groups is 1. The summed E-state index contributed by atoms with van der Waals surface area (Å²) in [5, 5.41) is 1.91. The van der Waals surface area contributed by atoms with Crippen molar-refractivity contribution in [1.82, 2.24) is 20.4 Å². The standard InChI is InChI=1S/C14H12F5N5O3S/c1-6-3-4-9(8(5-6)14(17,18)19)28(26)27-24-13(25)23-12-21-7(2)20-11(22-12)10(15)16/h3-5,10H,1-2H3,(H2,20,21,22,23,24,25). The molecule has 28 heavy (non-hydrogen) atoms. The van der Waals surface area contributed by atoms with Gasteiger partial charge in [0.1, 0.15) is 5.82 Å². The lowest BCUT2D eigenvalue weighted by Crippen LogP contribution is -2.31. The molecule has 1 unspecified atom stereocenters. The highest BCUT2D eigenvalue weighted by atomic mass is 32.2. The van der Waals surface area contributed by atoms with E-state index in [1.54, 1.807) is 5.48 Å². The number of carbonyl (C=O) groups is 1. The number of nitrogens with zero attached hydrogens (tertiary/aromatic N) is 3. The summed E-state index contributed by atoms with van der Waals surface area (Å²) >= 11 is -2.71. The SMILES string of the molecule is Cc1ccc(S(=O)ONC(=O)Nc2nc(C)nc(C(F)F)n2)c(C(F)(F)F)c1. The van der Waals surface area contributed by atoms with E-state index in [0.717, 1.165) is 12.1 Å². The topological polar surface area (TPSA) is 106 Å². The molecule has 0 saturated heterocycles. The van der Waals surface area contributed by atoms with Gasteiger partial charge in [-0.15, -0.1) is 0 Å². The number of hydroxylamine groups is 1. The second-order valence-electron chi connectivity index (χ2n) is 5.24. The highest BCUT2D eigenvalue weighted by molar-refractivity contribution is 7.80. The van der Waals surface area contributed by atoms with Crippen molar-refractivity contribution in [1.29, 1.82) is 0 Å². The smallest absolute Gasteiger partial charge is 0.274 e. The summed E-state index contributed by atoms with van der Waals surface area (Å²) in [4.78, 5) is 21.2. The maximum Gasteiger partial charge on any atom is 0.417 e. The minimum Gasteiger partial charge on any atom is -0.274 e. The summed E-state index contributed by atoms with van der Waals surface area (Å²) in [6, 6.07) is 1.75. The van der Waals surface area contributed by atoms with Crippen LogP contribution in [0.2, 0.25) is 0 Å². The number of aryl methyl sites for hydroxylation is 2. The first-order valence-electron chi connectivity index (χ1n) is 7.32. The van der Waals surface area contributed by atoms with Crippen LogP contribution in [0.1, 0.15) is 29.2 Å². The molecule has 0 fully saturated rings. The molecule has 0 aliphatic heterocycles. The van der Waals surface area contributed by atoms with Crippen molar-refractivity contribution in [3.8, 4) is 0 Å². The van der Waals surface area contributed by atoms with Crippen LogP contribution in [0.15, 0.2) is 23.1 Å². The van der Waals surface area contributed by atoms with E-state index in [9.17, 15) is 31.0 Å². The molecule has 0 bridgehead atoms. The first-order chi connectivity index (χ1) is 13.0. The Bertz CT molecular complexity index is 909. The third-order valence-electron chi connectivity index (χ3n) is 3.02. The van der Waals surface area contributed by atoms with E-state index < -0.39 is 51.9 Å². The van der Waals surface area contributed by atoms with Crippen LogP contribution < -0.4 is 10.8 Å². The largest absolute Gasteiger partial charge is 0.417 e. The third kappa shape index (κ3) is 5.63. The van der Waals surface area contributed by atoms with Gasteiger partial charge in [-0.2, -0.15) is 27.4 Å². The van der Waals surface area contributed by atoms with E-state index in [-0.39, 0.29) is 11.4 Å². The zero-order valence-corrected chi connectivity index (χ0v) is 15.0. The van der Waals surface area contributed by atoms with Gasteiger partial charge in [0.05, 0.1) is 10.5 Å². The average Bonchev–Trinajstić information content (AvgIpc) is 2.58. The zero-order chi connectivity index (χ0) is 21.1. The van der Waals surface area contributed by atoms with E-state index >= 15 is 0 Å². The summed E-state index contributed by atoms with van der Waals surface area (Å²) in [6.07, 6.45) is -7.81. The number of hydrogen-bond acceptors (Lipinski definition) is 6. The van der Waals surface area contributed by atoms with E-state index in [1.165, 1.54) is 19.9 Å². The fourth-order valence-corrected chi connectivity index (χ4v) is 2.69. The molecular weight excluding hydrogens is 413 g/mol. The van der Waals surface area contributed by atoms with Gasteiger partial charge in [-0.25, -0.2) is 28.2 Å². The number of halogens is 5. The Balaban J connectivity index is 2.07. The van der Waals surface area contributed by atoms with Gasteiger partial charge in [-0.05, 0) is 26.0 Å². The number of hydrogen-bond donors (Lipinski definition) is 2. The molecular formula is C14H12F5N5O3S. The van der Waals surface area contributed by atoms with Gasteiger partial charge < -0.3 is 0 Å². The number of anilines is 1. The quantitative estimate of drug-likeness (QED) is 0.563.